The number of aryl methyl sites for hydroxylation is 1. The summed E-state index contributed by atoms with van der Waals surface area (Å²) in [7, 11) is 1.92. The molecule has 0 aromatic carbocycles. The highest BCUT2D eigenvalue weighted by Gasteiger charge is 2.19. The van der Waals surface area contributed by atoms with Gasteiger partial charge in [0.05, 0.1) is 28.8 Å². The van der Waals surface area contributed by atoms with Crippen molar-refractivity contribution in [2.75, 3.05) is 11.9 Å². The van der Waals surface area contributed by atoms with Crippen LogP contribution in [0.2, 0.25) is 0 Å². The van der Waals surface area contributed by atoms with Crippen LogP contribution in [-0.4, -0.2) is 30.1 Å². The van der Waals surface area contributed by atoms with E-state index in [1.165, 1.54) is 11.5 Å². The molecule has 0 aliphatic carbocycles. The third-order valence-electron chi connectivity index (χ3n) is 4.62. The normalized spacial score (nSPS) is 12.0. The number of nitrogens with one attached hydrogen (secondary N) is 1. The van der Waals surface area contributed by atoms with Gasteiger partial charge in [-0.25, -0.2) is 4.98 Å². The lowest BCUT2D eigenvalue weighted by Crippen LogP contribution is -2.11. The Hall–Kier alpha value is -2.71. The van der Waals surface area contributed by atoms with Gasteiger partial charge in [-0.05, 0) is 36.3 Å². The zero-order valence-electron chi connectivity index (χ0n) is 16.6. The topological polar surface area (TPSA) is 86.1 Å². The maximum absolute atomic E-state index is 5.80. The van der Waals surface area contributed by atoms with E-state index >= 15 is 0 Å². The Morgan fingerprint density at radius 3 is 2.68 bits per heavy atom. The van der Waals surface area contributed by atoms with Crippen molar-refractivity contribution in [1.29, 1.82) is 0 Å². The van der Waals surface area contributed by atoms with Gasteiger partial charge in [0.15, 0.2) is 5.82 Å². The van der Waals surface area contributed by atoms with Crippen molar-refractivity contribution in [3.63, 3.8) is 0 Å². The largest absolute Gasteiger partial charge is 0.330 e. The molecule has 0 unspecified atom stereocenters. The molecule has 0 saturated heterocycles. The minimum atomic E-state index is 0.0170. The van der Waals surface area contributed by atoms with Gasteiger partial charge in [0.2, 0.25) is 0 Å². The van der Waals surface area contributed by atoms with Crippen molar-refractivity contribution in [2.45, 2.75) is 32.6 Å². The van der Waals surface area contributed by atoms with E-state index < -0.39 is 0 Å². The summed E-state index contributed by atoms with van der Waals surface area (Å²) >= 11 is 1.46. The van der Waals surface area contributed by atoms with Crippen LogP contribution in [0.4, 0.5) is 10.8 Å². The van der Waals surface area contributed by atoms with Gasteiger partial charge >= 0.3 is 0 Å². The second kappa shape index (κ2) is 7.03. The molecule has 0 fully saturated rings. The summed E-state index contributed by atoms with van der Waals surface area (Å²) in [6, 6.07) is 6.28. The number of nitrogens with two attached hydrogens (primary N) is 1. The third-order valence-corrected chi connectivity index (χ3v) is 5.32. The first-order chi connectivity index (χ1) is 13.3. The van der Waals surface area contributed by atoms with Crippen LogP contribution in [0, 0.1) is 0 Å². The summed E-state index contributed by atoms with van der Waals surface area (Å²) in [6.45, 7) is 7.04. The van der Waals surface area contributed by atoms with Gasteiger partial charge in [-0.15, -0.1) is 0 Å². The van der Waals surface area contributed by atoms with Crippen LogP contribution in [0.15, 0.2) is 36.8 Å². The Balaban J connectivity index is 1.79. The highest BCUT2D eigenvalue weighted by molar-refractivity contribution is 7.10. The Labute approximate surface area is 168 Å². The van der Waals surface area contributed by atoms with Crippen LogP contribution < -0.4 is 11.1 Å². The molecule has 0 bridgehead atoms. The molecule has 7 nitrogen and oxygen atoms in total. The van der Waals surface area contributed by atoms with E-state index in [-0.39, 0.29) is 5.41 Å². The Morgan fingerprint density at radius 2 is 2.04 bits per heavy atom. The fourth-order valence-corrected chi connectivity index (χ4v) is 3.94. The van der Waals surface area contributed by atoms with Crippen molar-refractivity contribution >= 4 is 27.9 Å². The van der Waals surface area contributed by atoms with Crippen LogP contribution in [0.1, 0.15) is 32.2 Å². The zero-order chi connectivity index (χ0) is 19.9. The van der Waals surface area contributed by atoms with Gasteiger partial charge in [-0.3, -0.25) is 4.68 Å². The van der Waals surface area contributed by atoms with E-state index in [0.717, 1.165) is 39.0 Å². The highest BCUT2D eigenvalue weighted by Crippen LogP contribution is 2.31. The lowest BCUT2D eigenvalue weighted by atomic mass is 9.92. The molecule has 4 rings (SSSR count). The number of fused-ring (bicyclic) bond motifs is 1. The summed E-state index contributed by atoms with van der Waals surface area (Å²) in [6.07, 6.45) is 6.65. The monoisotopic (exact) mass is 395 g/mol. The zero-order valence-corrected chi connectivity index (χ0v) is 17.4. The van der Waals surface area contributed by atoms with Gasteiger partial charge in [0, 0.05) is 36.8 Å². The quantitative estimate of drug-likeness (QED) is 0.538. The van der Waals surface area contributed by atoms with Crippen LogP contribution in [-0.2, 0) is 18.9 Å². The molecular weight excluding hydrogens is 370 g/mol. The number of rotatable bonds is 5. The van der Waals surface area contributed by atoms with Crippen molar-refractivity contribution in [3.8, 4) is 11.3 Å². The molecule has 4 heterocycles. The molecule has 0 aliphatic heterocycles. The number of hydrogen-bond donors (Lipinski definition) is 2. The molecule has 0 radical (unpaired) electrons. The lowest BCUT2D eigenvalue weighted by molar-refractivity contribution is 0.576. The summed E-state index contributed by atoms with van der Waals surface area (Å²) in [4.78, 5) is 4.82. The molecular formula is C20H25N7S. The van der Waals surface area contributed by atoms with Crippen molar-refractivity contribution < 1.29 is 0 Å². The minimum Gasteiger partial charge on any atom is -0.330 e. The van der Waals surface area contributed by atoms with E-state index in [1.54, 1.807) is 4.68 Å². The Bertz CT molecular complexity index is 1110. The fourth-order valence-electron chi connectivity index (χ4n) is 3.11. The average molecular weight is 396 g/mol. The van der Waals surface area contributed by atoms with Crippen molar-refractivity contribution in [3.05, 3.63) is 48.2 Å². The number of aromatic nitrogens is 5. The maximum atomic E-state index is 5.80. The average Bonchev–Trinajstić information content (AvgIpc) is 3.34. The van der Waals surface area contributed by atoms with Crippen molar-refractivity contribution in [2.24, 2.45) is 12.8 Å². The number of anilines is 2. The van der Waals surface area contributed by atoms with Crippen molar-refractivity contribution in [1.82, 2.24) is 23.5 Å². The molecule has 28 heavy (non-hydrogen) atoms. The highest BCUT2D eigenvalue weighted by atomic mass is 32.1. The molecule has 0 atom stereocenters. The second-order valence-corrected chi connectivity index (χ2v) is 8.75. The smallest absolute Gasteiger partial charge is 0.155 e. The first kappa shape index (κ1) is 18.6. The standard InChI is InChI=1S/C20H25N7S/c1-20(2,3)17-9-18(28-25-17)24-19-16-6-5-15(13-10-22-26(4)11-13)27(16)12-14(23-19)7-8-21/h5-6,9-12H,7-8,21H2,1-4H3,(H,23,24). The molecule has 4 aromatic rings. The molecule has 0 aliphatic rings. The molecule has 8 heteroatoms. The van der Waals surface area contributed by atoms with Gasteiger partial charge in [0.25, 0.3) is 0 Å². The predicted molar refractivity (Wildman–Crippen MR) is 114 cm³/mol. The van der Waals surface area contributed by atoms with E-state index in [2.05, 4.69) is 64.4 Å². The Kier molecular flexibility index (Phi) is 4.68. The molecule has 3 N–H and O–H groups in total. The van der Waals surface area contributed by atoms with Crippen LogP contribution in [0.5, 0.6) is 0 Å². The van der Waals surface area contributed by atoms with Crippen LogP contribution in [0.3, 0.4) is 0 Å². The fraction of sp³-hybridized carbons (Fsp3) is 0.350. The third kappa shape index (κ3) is 3.53. The summed E-state index contributed by atoms with van der Waals surface area (Å²) < 4.78 is 8.55. The SMILES string of the molecule is Cn1cc(-c2ccc3c(Nc4cc(C(C)(C)C)ns4)nc(CCN)cn23)cn1. The summed E-state index contributed by atoms with van der Waals surface area (Å²) in [5, 5.41) is 8.75. The van der Waals surface area contributed by atoms with Gasteiger partial charge in [-0.2, -0.15) is 9.47 Å². The van der Waals surface area contributed by atoms with Gasteiger partial charge < -0.3 is 15.5 Å². The lowest BCUT2D eigenvalue weighted by Gasteiger charge is -2.14. The number of hydrogen-bond acceptors (Lipinski definition) is 6. The number of nitrogens with zero attached hydrogens (tertiary/aromatic N) is 5. The summed E-state index contributed by atoms with van der Waals surface area (Å²) in [5.74, 6) is 0.810. The minimum absolute atomic E-state index is 0.0170. The summed E-state index contributed by atoms with van der Waals surface area (Å²) in [5.41, 5.74) is 11.0. The second-order valence-electron chi connectivity index (χ2n) is 7.95. The predicted octanol–water partition coefficient (Wildman–Crippen LogP) is 3.73. The molecule has 0 spiro atoms. The molecule has 4 aromatic heterocycles. The van der Waals surface area contributed by atoms with E-state index in [9.17, 15) is 0 Å². The van der Waals surface area contributed by atoms with E-state index in [4.69, 9.17) is 10.7 Å². The Morgan fingerprint density at radius 1 is 1.21 bits per heavy atom. The first-order valence-corrected chi connectivity index (χ1v) is 10.1. The molecule has 0 amide bonds. The molecule has 0 saturated carbocycles. The van der Waals surface area contributed by atoms with Crippen LogP contribution in [0.25, 0.3) is 16.8 Å². The van der Waals surface area contributed by atoms with Gasteiger partial charge in [0.1, 0.15) is 5.00 Å². The van der Waals surface area contributed by atoms with Gasteiger partial charge in [-0.1, -0.05) is 20.8 Å². The maximum Gasteiger partial charge on any atom is 0.155 e. The van der Waals surface area contributed by atoms with E-state index in [1.807, 2.05) is 19.4 Å². The van der Waals surface area contributed by atoms with Crippen LogP contribution >= 0.6 is 11.5 Å². The molecule has 146 valence electrons. The van der Waals surface area contributed by atoms with E-state index in [0.29, 0.717) is 13.0 Å². The first-order valence-electron chi connectivity index (χ1n) is 9.29.